The van der Waals surface area contributed by atoms with Gasteiger partial charge in [-0.2, -0.15) is 0 Å². The summed E-state index contributed by atoms with van der Waals surface area (Å²) in [5.41, 5.74) is 0.374. The smallest absolute Gasteiger partial charge is 0.0717 e. The van der Waals surface area contributed by atoms with E-state index >= 15 is 0 Å². The van der Waals surface area contributed by atoms with Gasteiger partial charge in [-0.15, -0.1) is 0 Å². The lowest BCUT2D eigenvalue weighted by atomic mass is 9.60. The van der Waals surface area contributed by atoms with Crippen LogP contribution in [-0.2, 0) is 4.74 Å². The third-order valence-electron chi connectivity index (χ3n) is 8.14. The summed E-state index contributed by atoms with van der Waals surface area (Å²) in [6.45, 7) is 6.14. The van der Waals surface area contributed by atoms with Crippen LogP contribution < -0.4 is 0 Å². The fourth-order valence-electron chi connectivity index (χ4n) is 7.53. The molecule has 5 aliphatic rings. The van der Waals surface area contributed by atoms with Crippen LogP contribution in [0.3, 0.4) is 0 Å². The number of fused-ring (bicyclic) bond motifs is 10. The molecule has 100 valence electrons. The first-order valence-electron chi connectivity index (χ1n) is 8.35. The van der Waals surface area contributed by atoms with Crippen LogP contribution in [0.4, 0.5) is 0 Å². The first-order chi connectivity index (χ1) is 8.71. The molecule has 9 unspecified atom stereocenters. The fraction of sp³-hybridized carbons (Fsp3) is 1.00. The molecule has 4 bridgehead atoms. The Morgan fingerprint density at radius 2 is 1.78 bits per heavy atom. The Kier molecular flexibility index (Phi) is 1.88. The van der Waals surface area contributed by atoms with Crippen LogP contribution in [0.5, 0.6) is 0 Å². The van der Waals surface area contributed by atoms with Gasteiger partial charge in [-0.3, -0.25) is 0 Å². The monoisotopic (exact) mass is 246 g/mol. The van der Waals surface area contributed by atoms with Crippen molar-refractivity contribution in [3.8, 4) is 0 Å². The van der Waals surface area contributed by atoms with E-state index in [2.05, 4.69) is 13.8 Å². The Labute approximate surface area is 111 Å². The van der Waals surface area contributed by atoms with E-state index < -0.39 is 0 Å². The van der Waals surface area contributed by atoms with Crippen LogP contribution in [0.1, 0.15) is 46.0 Å². The molecule has 18 heavy (non-hydrogen) atoms. The van der Waals surface area contributed by atoms with Crippen LogP contribution in [-0.4, -0.2) is 12.2 Å². The van der Waals surface area contributed by atoms with E-state index in [0.29, 0.717) is 5.60 Å². The van der Waals surface area contributed by atoms with E-state index in [1.54, 1.807) is 6.42 Å². The molecule has 0 aromatic heterocycles. The van der Waals surface area contributed by atoms with E-state index in [1.165, 1.54) is 25.7 Å². The standard InChI is InChI=1S/C17H26O/c1-9-10(2)13-7-12(9)15-11-6-14(16(13)15)17(8-11)4-3-5-18-17/h9-16H,3-8H2,1-2H3. The largest absolute Gasteiger partial charge is 0.375 e. The Morgan fingerprint density at radius 3 is 2.50 bits per heavy atom. The normalized spacial score (nSPS) is 68.3. The quantitative estimate of drug-likeness (QED) is 0.592. The van der Waals surface area contributed by atoms with Gasteiger partial charge < -0.3 is 4.74 Å². The Hall–Kier alpha value is -0.0400. The molecule has 1 nitrogen and oxygen atoms in total. The zero-order valence-corrected chi connectivity index (χ0v) is 11.8. The van der Waals surface area contributed by atoms with Crippen molar-refractivity contribution in [1.82, 2.24) is 0 Å². The summed E-state index contributed by atoms with van der Waals surface area (Å²) in [4.78, 5) is 0. The molecule has 5 rings (SSSR count). The summed E-state index contributed by atoms with van der Waals surface area (Å²) >= 11 is 0. The van der Waals surface area contributed by atoms with Gasteiger partial charge in [0, 0.05) is 6.61 Å². The minimum absolute atomic E-state index is 0.374. The summed E-state index contributed by atoms with van der Waals surface area (Å²) in [6.07, 6.45) is 7.26. The van der Waals surface area contributed by atoms with Gasteiger partial charge in [0.2, 0.25) is 0 Å². The van der Waals surface area contributed by atoms with E-state index in [1.807, 2.05) is 0 Å². The number of hydrogen-bond donors (Lipinski definition) is 0. The van der Waals surface area contributed by atoms with Gasteiger partial charge in [-0.05, 0) is 79.4 Å². The summed E-state index contributed by atoms with van der Waals surface area (Å²) in [5, 5.41) is 0. The lowest BCUT2D eigenvalue weighted by Crippen LogP contribution is -2.46. The van der Waals surface area contributed by atoms with Gasteiger partial charge in [-0.1, -0.05) is 13.8 Å². The van der Waals surface area contributed by atoms with E-state index in [-0.39, 0.29) is 0 Å². The molecule has 4 saturated carbocycles. The van der Waals surface area contributed by atoms with Crippen molar-refractivity contribution >= 4 is 0 Å². The molecule has 1 aliphatic heterocycles. The van der Waals surface area contributed by atoms with Gasteiger partial charge in [-0.25, -0.2) is 0 Å². The van der Waals surface area contributed by atoms with E-state index in [0.717, 1.165) is 54.0 Å². The Balaban J connectivity index is 1.53. The molecule has 1 heteroatoms. The third-order valence-corrected chi connectivity index (χ3v) is 8.14. The minimum atomic E-state index is 0.374. The van der Waals surface area contributed by atoms with E-state index in [4.69, 9.17) is 4.74 Å². The SMILES string of the molecule is CC1C(C)C2CC1C1C3CC(C21)C1(CCCO1)C3. The third kappa shape index (κ3) is 0.994. The summed E-state index contributed by atoms with van der Waals surface area (Å²) in [6, 6.07) is 0. The van der Waals surface area contributed by atoms with Gasteiger partial charge in [0.05, 0.1) is 5.60 Å². The molecule has 1 saturated heterocycles. The van der Waals surface area contributed by atoms with Gasteiger partial charge >= 0.3 is 0 Å². The molecule has 0 aromatic rings. The molecular weight excluding hydrogens is 220 g/mol. The highest BCUT2D eigenvalue weighted by molar-refractivity contribution is 5.18. The molecular formula is C17H26O. The Bertz CT molecular complexity index is 383. The molecule has 0 radical (unpaired) electrons. The van der Waals surface area contributed by atoms with Crippen LogP contribution in [0.15, 0.2) is 0 Å². The molecule has 5 fully saturated rings. The highest BCUT2D eigenvalue weighted by Gasteiger charge is 2.70. The molecule has 9 atom stereocenters. The van der Waals surface area contributed by atoms with Crippen molar-refractivity contribution in [2.45, 2.75) is 51.6 Å². The molecule has 0 aromatic carbocycles. The van der Waals surface area contributed by atoms with Gasteiger partial charge in [0.15, 0.2) is 0 Å². The maximum Gasteiger partial charge on any atom is 0.0717 e. The molecule has 1 spiro atoms. The topological polar surface area (TPSA) is 9.23 Å². The highest BCUT2D eigenvalue weighted by atomic mass is 16.5. The molecule has 4 aliphatic carbocycles. The number of rotatable bonds is 0. The van der Waals surface area contributed by atoms with Crippen molar-refractivity contribution in [2.75, 3.05) is 6.61 Å². The zero-order valence-electron chi connectivity index (χ0n) is 11.8. The second-order valence-electron chi connectivity index (χ2n) is 8.26. The summed E-state index contributed by atoms with van der Waals surface area (Å²) in [5.74, 6) is 8.34. The van der Waals surface area contributed by atoms with Gasteiger partial charge in [0.1, 0.15) is 0 Å². The molecule has 0 amide bonds. The Morgan fingerprint density at radius 1 is 1.00 bits per heavy atom. The van der Waals surface area contributed by atoms with Crippen molar-refractivity contribution < 1.29 is 4.74 Å². The summed E-state index contributed by atoms with van der Waals surface area (Å²) in [7, 11) is 0. The van der Waals surface area contributed by atoms with E-state index in [9.17, 15) is 0 Å². The van der Waals surface area contributed by atoms with Crippen molar-refractivity contribution in [3.63, 3.8) is 0 Å². The van der Waals surface area contributed by atoms with Crippen molar-refractivity contribution in [2.24, 2.45) is 47.3 Å². The second-order valence-corrected chi connectivity index (χ2v) is 8.26. The molecule has 0 N–H and O–H groups in total. The van der Waals surface area contributed by atoms with Crippen molar-refractivity contribution in [3.05, 3.63) is 0 Å². The van der Waals surface area contributed by atoms with Crippen molar-refractivity contribution in [1.29, 1.82) is 0 Å². The van der Waals surface area contributed by atoms with Crippen LogP contribution in [0, 0.1) is 47.3 Å². The minimum Gasteiger partial charge on any atom is -0.375 e. The average Bonchev–Trinajstić information content (AvgIpc) is 3.09. The first kappa shape index (κ1) is 10.7. The van der Waals surface area contributed by atoms with Crippen LogP contribution in [0.25, 0.3) is 0 Å². The maximum absolute atomic E-state index is 6.31. The second kappa shape index (κ2) is 3.16. The summed E-state index contributed by atoms with van der Waals surface area (Å²) < 4.78 is 6.31. The predicted octanol–water partition coefficient (Wildman–Crippen LogP) is 3.73. The highest BCUT2D eigenvalue weighted by Crippen LogP contribution is 2.73. The predicted molar refractivity (Wildman–Crippen MR) is 71.0 cm³/mol. The lowest BCUT2D eigenvalue weighted by molar-refractivity contribution is -0.0906. The number of hydrogen-bond acceptors (Lipinski definition) is 1. The average molecular weight is 246 g/mol. The maximum atomic E-state index is 6.31. The zero-order chi connectivity index (χ0) is 12.1. The first-order valence-corrected chi connectivity index (χ1v) is 8.35. The van der Waals surface area contributed by atoms with Crippen LogP contribution in [0.2, 0.25) is 0 Å². The lowest BCUT2D eigenvalue weighted by Gasteiger charge is -2.47. The number of ether oxygens (including phenoxy) is 1. The molecule has 1 heterocycles. The van der Waals surface area contributed by atoms with Crippen LogP contribution >= 0.6 is 0 Å². The fourth-order valence-corrected chi connectivity index (χ4v) is 7.53. The van der Waals surface area contributed by atoms with Gasteiger partial charge in [0.25, 0.3) is 0 Å².